The second-order valence-corrected chi connectivity index (χ2v) is 10.3. The van der Waals surface area contributed by atoms with Crippen molar-refractivity contribution in [2.24, 2.45) is 5.41 Å². The van der Waals surface area contributed by atoms with Crippen molar-refractivity contribution >= 4 is 17.7 Å². The molecule has 3 aliphatic rings. The van der Waals surface area contributed by atoms with Gasteiger partial charge in [0.1, 0.15) is 5.82 Å². The number of piperidine rings is 1. The first-order chi connectivity index (χ1) is 15.7. The maximum Gasteiger partial charge on any atom is 0.407 e. The van der Waals surface area contributed by atoms with Gasteiger partial charge in [-0.3, -0.25) is 4.79 Å². The summed E-state index contributed by atoms with van der Waals surface area (Å²) >= 11 is 0. The van der Waals surface area contributed by atoms with Crippen molar-refractivity contribution < 1.29 is 24.2 Å². The van der Waals surface area contributed by atoms with Gasteiger partial charge < -0.3 is 24.9 Å². The second-order valence-electron chi connectivity index (χ2n) is 10.3. The third-order valence-electron chi connectivity index (χ3n) is 7.80. The quantitative estimate of drug-likeness (QED) is 0.696. The molecule has 7 nitrogen and oxygen atoms in total. The first kappa shape index (κ1) is 23.8. The van der Waals surface area contributed by atoms with E-state index in [4.69, 9.17) is 0 Å². The summed E-state index contributed by atoms with van der Waals surface area (Å²) < 4.78 is 15.1. The van der Waals surface area contributed by atoms with Crippen molar-refractivity contribution in [3.05, 3.63) is 29.6 Å². The number of carboxylic acid groups (broad SMARTS) is 1. The fraction of sp³-hybridized carbons (Fsp3) is 0.680. The van der Waals surface area contributed by atoms with Gasteiger partial charge in [-0.15, -0.1) is 0 Å². The smallest absolute Gasteiger partial charge is 0.407 e. The lowest BCUT2D eigenvalue weighted by Crippen LogP contribution is -2.50. The molecule has 1 aromatic carbocycles. The summed E-state index contributed by atoms with van der Waals surface area (Å²) in [5, 5.41) is 19.2. The number of aliphatic hydroxyl groups excluding tert-OH is 1. The molecule has 8 heteroatoms. The molecule has 0 aromatic heterocycles. The van der Waals surface area contributed by atoms with E-state index >= 15 is 4.39 Å². The van der Waals surface area contributed by atoms with Crippen LogP contribution in [0, 0.1) is 11.2 Å². The van der Waals surface area contributed by atoms with Gasteiger partial charge in [0.15, 0.2) is 0 Å². The number of nitrogens with zero attached hydrogens (tertiary/aromatic N) is 3. The fourth-order valence-corrected chi connectivity index (χ4v) is 5.85. The average molecular weight is 462 g/mol. The summed E-state index contributed by atoms with van der Waals surface area (Å²) in [7, 11) is 0. The van der Waals surface area contributed by atoms with Crippen molar-refractivity contribution in [1.29, 1.82) is 0 Å². The molecular weight excluding hydrogens is 425 g/mol. The van der Waals surface area contributed by atoms with Gasteiger partial charge in [0, 0.05) is 38.3 Å². The summed E-state index contributed by atoms with van der Waals surface area (Å²) in [4.78, 5) is 30.3. The number of halogens is 1. The first-order valence-corrected chi connectivity index (χ1v) is 12.2. The number of hydrogen-bond acceptors (Lipinski definition) is 4. The van der Waals surface area contributed by atoms with Crippen molar-refractivity contribution in [1.82, 2.24) is 9.80 Å². The Labute approximate surface area is 195 Å². The summed E-state index contributed by atoms with van der Waals surface area (Å²) in [6, 6.07) is 4.95. The molecular formula is C25H36FN3O4. The highest BCUT2D eigenvalue weighted by Gasteiger charge is 2.50. The predicted molar refractivity (Wildman–Crippen MR) is 124 cm³/mol. The van der Waals surface area contributed by atoms with Gasteiger partial charge in [-0.25, -0.2) is 9.18 Å². The molecule has 1 aliphatic carbocycles. The molecule has 2 saturated heterocycles. The fourth-order valence-electron chi connectivity index (χ4n) is 5.85. The van der Waals surface area contributed by atoms with E-state index in [0.717, 1.165) is 51.5 Å². The van der Waals surface area contributed by atoms with E-state index in [9.17, 15) is 19.8 Å². The first-order valence-electron chi connectivity index (χ1n) is 12.2. The van der Waals surface area contributed by atoms with Crippen LogP contribution in [0.25, 0.3) is 0 Å². The number of benzene rings is 1. The van der Waals surface area contributed by atoms with Crippen molar-refractivity contribution in [2.75, 3.05) is 24.5 Å². The molecule has 2 aliphatic heterocycles. The summed E-state index contributed by atoms with van der Waals surface area (Å²) in [6.45, 7) is 5.69. The van der Waals surface area contributed by atoms with Gasteiger partial charge in [0.2, 0.25) is 5.91 Å². The van der Waals surface area contributed by atoms with Gasteiger partial charge >= 0.3 is 6.09 Å². The average Bonchev–Trinajstić information content (AvgIpc) is 3.07. The molecule has 1 spiro atoms. The maximum atomic E-state index is 15.1. The van der Waals surface area contributed by atoms with E-state index in [1.807, 2.05) is 9.80 Å². The normalized spacial score (nSPS) is 28.1. The van der Waals surface area contributed by atoms with Crippen molar-refractivity contribution in [3.63, 3.8) is 0 Å². The van der Waals surface area contributed by atoms with Crippen molar-refractivity contribution in [2.45, 2.75) is 83.5 Å². The molecule has 33 heavy (non-hydrogen) atoms. The molecule has 0 radical (unpaired) electrons. The van der Waals surface area contributed by atoms with Gasteiger partial charge in [0.05, 0.1) is 17.2 Å². The Kier molecular flexibility index (Phi) is 6.84. The van der Waals surface area contributed by atoms with E-state index < -0.39 is 11.5 Å². The monoisotopic (exact) mass is 461 g/mol. The number of amides is 2. The number of carbonyl (C=O) groups excluding carboxylic acids is 1. The molecule has 0 bridgehead atoms. The number of anilines is 1. The van der Waals surface area contributed by atoms with E-state index in [1.54, 1.807) is 26.0 Å². The van der Waals surface area contributed by atoms with E-state index in [1.165, 1.54) is 11.0 Å². The lowest BCUT2D eigenvalue weighted by molar-refractivity contribution is -0.139. The van der Waals surface area contributed by atoms with Crippen LogP contribution in [0.2, 0.25) is 0 Å². The zero-order valence-electron chi connectivity index (χ0n) is 19.7. The molecule has 182 valence electrons. The Bertz CT molecular complexity index is 886. The molecule has 2 N–H and O–H groups in total. The predicted octanol–water partition coefficient (Wildman–Crippen LogP) is 3.84. The highest BCUT2D eigenvalue weighted by Crippen LogP contribution is 2.43. The molecule has 3 fully saturated rings. The zero-order chi connectivity index (χ0) is 23.8. The molecule has 4 rings (SSSR count). The Morgan fingerprint density at radius 3 is 2.58 bits per heavy atom. The SMILES string of the molecule is CC(C)N(Cc1ccc(N2CCC[C@]3(CCN([C@H]4CC[C@H](O)CC4)C3=O)C2)c(F)c1)C(=O)O. The van der Waals surface area contributed by atoms with Gasteiger partial charge in [-0.1, -0.05) is 6.07 Å². The highest BCUT2D eigenvalue weighted by molar-refractivity contribution is 5.86. The Morgan fingerprint density at radius 2 is 1.94 bits per heavy atom. The van der Waals surface area contributed by atoms with Crippen LogP contribution in [0.4, 0.5) is 14.9 Å². The molecule has 0 unspecified atom stereocenters. The minimum atomic E-state index is -1.02. The Morgan fingerprint density at radius 1 is 1.21 bits per heavy atom. The molecule has 2 heterocycles. The minimum Gasteiger partial charge on any atom is -0.465 e. The third kappa shape index (κ3) is 4.81. The number of likely N-dealkylation sites (tertiary alicyclic amines) is 1. The standard InChI is InChI=1S/C25H36FN3O4/c1-17(2)29(24(32)33)15-18-4-9-22(21(26)14-18)27-12-3-10-25(16-27)11-13-28(23(25)31)19-5-7-20(30)8-6-19/h4,9,14,17,19-20,30H,3,5-8,10-13,15-16H2,1-2H3,(H,32,33)/t19-,20-,25-/m0/s1. The number of hydrogen-bond donors (Lipinski definition) is 2. The second kappa shape index (κ2) is 9.49. The largest absolute Gasteiger partial charge is 0.465 e. The van der Waals surface area contributed by atoms with Crippen LogP contribution >= 0.6 is 0 Å². The summed E-state index contributed by atoms with van der Waals surface area (Å²) in [5.41, 5.74) is 0.634. The number of rotatable bonds is 5. The Balaban J connectivity index is 1.46. The van der Waals surface area contributed by atoms with Crippen LogP contribution in [0.3, 0.4) is 0 Å². The molecule has 1 aromatic rings. The molecule has 2 amide bonds. The van der Waals surface area contributed by atoms with Crippen LogP contribution in [0.15, 0.2) is 18.2 Å². The van der Waals surface area contributed by atoms with Gasteiger partial charge in [-0.05, 0) is 76.5 Å². The van der Waals surface area contributed by atoms with Crippen LogP contribution in [0.1, 0.15) is 64.4 Å². The maximum absolute atomic E-state index is 15.1. The van der Waals surface area contributed by atoms with E-state index in [-0.39, 0.29) is 36.5 Å². The topological polar surface area (TPSA) is 84.3 Å². The zero-order valence-corrected chi connectivity index (χ0v) is 19.7. The lowest BCUT2D eigenvalue weighted by atomic mass is 9.78. The molecule has 1 atom stereocenters. The summed E-state index contributed by atoms with van der Waals surface area (Å²) in [6.07, 6.45) is 4.40. The van der Waals surface area contributed by atoms with Crippen LogP contribution < -0.4 is 4.90 Å². The number of aliphatic hydroxyl groups is 1. The number of carbonyl (C=O) groups is 2. The third-order valence-corrected chi connectivity index (χ3v) is 7.80. The van der Waals surface area contributed by atoms with E-state index in [0.29, 0.717) is 24.3 Å². The highest BCUT2D eigenvalue weighted by atomic mass is 19.1. The molecule has 1 saturated carbocycles. The lowest BCUT2D eigenvalue weighted by Gasteiger charge is -2.41. The van der Waals surface area contributed by atoms with Crippen molar-refractivity contribution in [3.8, 4) is 0 Å². The van der Waals surface area contributed by atoms with Crippen LogP contribution in [-0.4, -0.2) is 69.8 Å². The summed E-state index contributed by atoms with van der Waals surface area (Å²) in [5.74, 6) is -0.179. The van der Waals surface area contributed by atoms with E-state index in [2.05, 4.69) is 0 Å². The Hall–Kier alpha value is -2.35. The van der Waals surface area contributed by atoms with Crippen LogP contribution in [0.5, 0.6) is 0 Å². The minimum absolute atomic E-state index is 0.137. The van der Waals surface area contributed by atoms with Gasteiger partial charge in [0.25, 0.3) is 0 Å². The van der Waals surface area contributed by atoms with Gasteiger partial charge in [-0.2, -0.15) is 0 Å². The van der Waals surface area contributed by atoms with Crippen LogP contribution in [-0.2, 0) is 11.3 Å².